The zero-order valence-electron chi connectivity index (χ0n) is 11.5. The number of para-hydroxylation sites is 1. The number of hydrogen-bond donors (Lipinski definition) is 1. The van der Waals surface area contributed by atoms with Crippen LogP contribution < -0.4 is 4.90 Å². The summed E-state index contributed by atoms with van der Waals surface area (Å²) in [6, 6.07) is 8.16. The van der Waals surface area contributed by atoms with Crippen molar-refractivity contribution >= 4 is 22.5 Å². The highest BCUT2D eigenvalue weighted by Crippen LogP contribution is 2.29. The lowest BCUT2D eigenvalue weighted by atomic mass is 9.93. The van der Waals surface area contributed by atoms with E-state index >= 15 is 0 Å². The van der Waals surface area contributed by atoms with Crippen molar-refractivity contribution in [1.29, 1.82) is 0 Å². The molecule has 0 spiro atoms. The van der Waals surface area contributed by atoms with Gasteiger partial charge in [-0.05, 0) is 37.0 Å². The zero-order valence-corrected chi connectivity index (χ0v) is 11.5. The Hall–Kier alpha value is -2.10. The summed E-state index contributed by atoms with van der Waals surface area (Å²) in [5, 5.41) is 8.68. The standard InChI is InChI=1S/C16H19N3O/c1-2-13(20)10-12-6-5-9-19(11-12)16-14-7-3-4-8-15(14)17-18-16/h2-4,7-8,12H,1,5-6,9-11H2,(H,17,18)/t12-/m1/s1. The van der Waals surface area contributed by atoms with E-state index in [0.29, 0.717) is 12.3 Å². The van der Waals surface area contributed by atoms with E-state index in [0.717, 1.165) is 42.7 Å². The Morgan fingerprint density at radius 2 is 2.35 bits per heavy atom. The molecule has 0 bridgehead atoms. The predicted molar refractivity (Wildman–Crippen MR) is 80.9 cm³/mol. The summed E-state index contributed by atoms with van der Waals surface area (Å²) >= 11 is 0. The van der Waals surface area contributed by atoms with Gasteiger partial charge in [-0.1, -0.05) is 18.7 Å². The van der Waals surface area contributed by atoms with E-state index in [1.54, 1.807) is 0 Å². The summed E-state index contributed by atoms with van der Waals surface area (Å²) in [6.07, 6.45) is 4.25. The first-order valence-corrected chi connectivity index (χ1v) is 7.11. The van der Waals surface area contributed by atoms with E-state index in [2.05, 4.69) is 27.7 Å². The maximum absolute atomic E-state index is 11.5. The number of benzene rings is 1. The van der Waals surface area contributed by atoms with Crippen LogP contribution >= 0.6 is 0 Å². The molecule has 1 saturated heterocycles. The maximum Gasteiger partial charge on any atom is 0.158 e. The smallest absolute Gasteiger partial charge is 0.158 e. The summed E-state index contributed by atoms with van der Waals surface area (Å²) < 4.78 is 0. The first kappa shape index (κ1) is 12.9. The molecule has 20 heavy (non-hydrogen) atoms. The van der Waals surface area contributed by atoms with Crippen LogP contribution in [0.3, 0.4) is 0 Å². The predicted octanol–water partition coefficient (Wildman–Crippen LogP) is 2.92. The summed E-state index contributed by atoms with van der Waals surface area (Å²) in [6.45, 7) is 5.46. The summed E-state index contributed by atoms with van der Waals surface area (Å²) in [5.41, 5.74) is 1.06. The molecule has 1 aromatic heterocycles. The number of aromatic amines is 1. The molecule has 4 heteroatoms. The minimum Gasteiger partial charge on any atom is -0.354 e. The van der Waals surface area contributed by atoms with Crippen LogP contribution in [-0.2, 0) is 4.79 Å². The molecule has 0 amide bonds. The van der Waals surface area contributed by atoms with Crippen molar-refractivity contribution in [2.45, 2.75) is 19.3 Å². The van der Waals surface area contributed by atoms with Crippen molar-refractivity contribution in [2.75, 3.05) is 18.0 Å². The van der Waals surface area contributed by atoms with E-state index in [9.17, 15) is 4.79 Å². The molecule has 2 heterocycles. The Labute approximate surface area is 118 Å². The van der Waals surface area contributed by atoms with E-state index in [1.807, 2.05) is 18.2 Å². The third kappa shape index (κ3) is 2.46. The lowest BCUT2D eigenvalue weighted by Crippen LogP contribution is -2.36. The Balaban J connectivity index is 1.79. The monoisotopic (exact) mass is 269 g/mol. The fraction of sp³-hybridized carbons (Fsp3) is 0.375. The van der Waals surface area contributed by atoms with Gasteiger partial charge in [0.05, 0.1) is 5.52 Å². The first-order valence-electron chi connectivity index (χ1n) is 7.11. The molecule has 0 radical (unpaired) electrons. The van der Waals surface area contributed by atoms with Crippen LogP contribution in [0.1, 0.15) is 19.3 Å². The van der Waals surface area contributed by atoms with Crippen molar-refractivity contribution in [3.05, 3.63) is 36.9 Å². The van der Waals surface area contributed by atoms with Crippen molar-refractivity contribution in [1.82, 2.24) is 10.2 Å². The average molecular weight is 269 g/mol. The molecule has 1 N–H and O–H groups in total. The lowest BCUT2D eigenvalue weighted by Gasteiger charge is -2.32. The minimum absolute atomic E-state index is 0.142. The number of carbonyl (C=O) groups excluding carboxylic acids is 1. The molecular formula is C16H19N3O. The Morgan fingerprint density at radius 1 is 1.50 bits per heavy atom. The van der Waals surface area contributed by atoms with Crippen molar-refractivity contribution in [3.8, 4) is 0 Å². The molecule has 4 nitrogen and oxygen atoms in total. The SMILES string of the molecule is C=CC(=O)C[C@H]1CCCN(c2n[nH]c3ccccc23)C1. The van der Waals surface area contributed by atoms with Crippen LogP contribution in [-0.4, -0.2) is 29.1 Å². The van der Waals surface area contributed by atoms with Gasteiger partial charge in [-0.2, -0.15) is 5.10 Å². The Kier molecular flexibility index (Phi) is 3.54. The Bertz CT molecular complexity index is 631. The highest BCUT2D eigenvalue weighted by Gasteiger charge is 2.24. The largest absolute Gasteiger partial charge is 0.354 e. The van der Waals surface area contributed by atoms with E-state index in [4.69, 9.17) is 0 Å². The van der Waals surface area contributed by atoms with Gasteiger partial charge < -0.3 is 4.90 Å². The Morgan fingerprint density at radius 3 is 3.20 bits per heavy atom. The number of allylic oxidation sites excluding steroid dienone is 1. The van der Waals surface area contributed by atoms with Gasteiger partial charge in [0.15, 0.2) is 11.6 Å². The van der Waals surface area contributed by atoms with Crippen LogP contribution in [0.2, 0.25) is 0 Å². The van der Waals surface area contributed by atoms with Crippen molar-refractivity contribution < 1.29 is 4.79 Å². The number of hydrogen-bond acceptors (Lipinski definition) is 3. The number of rotatable bonds is 4. The number of piperidine rings is 1. The van der Waals surface area contributed by atoms with Crippen LogP contribution in [0.25, 0.3) is 10.9 Å². The number of nitrogens with one attached hydrogen (secondary N) is 1. The summed E-state index contributed by atoms with van der Waals surface area (Å²) in [5.74, 6) is 1.56. The molecular weight excluding hydrogens is 250 g/mol. The summed E-state index contributed by atoms with van der Waals surface area (Å²) in [7, 11) is 0. The molecule has 1 aliphatic rings. The third-order valence-corrected chi connectivity index (χ3v) is 3.99. The van der Waals surface area contributed by atoms with Crippen LogP contribution in [0.5, 0.6) is 0 Å². The number of carbonyl (C=O) groups is 1. The van der Waals surface area contributed by atoms with E-state index in [1.165, 1.54) is 6.08 Å². The quantitative estimate of drug-likeness (QED) is 0.868. The molecule has 0 unspecified atom stereocenters. The van der Waals surface area contributed by atoms with Gasteiger partial charge in [-0.15, -0.1) is 0 Å². The fourth-order valence-electron chi connectivity index (χ4n) is 2.98. The number of fused-ring (bicyclic) bond motifs is 1. The van der Waals surface area contributed by atoms with Crippen LogP contribution in [0, 0.1) is 5.92 Å². The van der Waals surface area contributed by atoms with Gasteiger partial charge >= 0.3 is 0 Å². The molecule has 0 aliphatic carbocycles. The molecule has 1 atom stereocenters. The van der Waals surface area contributed by atoms with Crippen molar-refractivity contribution in [2.24, 2.45) is 5.92 Å². The topological polar surface area (TPSA) is 49.0 Å². The average Bonchev–Trinajstić information content (AvgIpc) is 2.91. The first-order chi connectivity index (χ1) is 9.78. The third-order valence-electron chi connectivity index (χ3n) is 3.99. The lowest BCUT2D eigenvalue weighted by molar-refractivity contribution is -0.115. The van der Waals surface area contributed by atoms with E-state index in [-0.39, 0.29) is 5.78 Å². The molecule has 1 aromatic carbocycles. The highest BCUT2D eigenvalue weighted by molar-refractivity contribution is 5.90. The van der Waals surface area contributed by atoms with Gasteiger partial charge in [0.2, 0.25) is 0 Å². The van der Waals surface area contributed by atoms with Crippen LogP contribution in [0.4, 0.5) is 5.82 Å². The fourth-order valence-corrected chi connectivity index (χ4v) is 2.98. The second-order valence-corrected chi connectivity index (χ2v) is 5.42. The van der Waals surface area contributed by atoms with Gasteiger partial charge in [-0.3, -0.25) is 9.89 Å². The zero-order chi connectivity index (χ0) is 13.9. The molecule has 2 aromatic rings. The number of nitrogens with zero attached hydrogens (tertiary/aromatic N) is 2. The van der Waals surface area contributed by atoms with Crippen LogP contribution in [0.15, 0.2) is 36.9 Å². The number of H-pyrrole nitrogens is 1. The molecule has 104 valence electrons. The van der Waals surface area contributed by atoms with Crippen molar-refractivity contribution in [3.63, 3.8) is 0 Å². The molecule has 1 aliphatic heterocycles. The number of anilines is 1. The second kappa shape index (κ2) is 5.49. The van der Waals surface area contributed by atoms with Gasteiger partial charge in [0.25, 0.3) is 0 Å². The number of aromatic nitrogens is 2. The van der Waals surface area contributed by atoms with E-state index < -0.39 is 0 Å². The van der Waals surface area contributed by atoms with Gasteiger partial charge in [0.1, 0.15) is 0 Å². The molecule has 1 fully saturated rings. The highest BCUT2D eigenvalue weighted by atomic mass is 16.1. The second-order valence-electron chi connectivity index (χ2n) is 5.42. The maximum atomic E-state index is 11.5. The molecule has 3 rings (SSSR count). The number of ketones is 1. The summed E-state index contributed by atoms with van der Waals surface area (Å²) in [4.78, 5) is 13.8. The minimum atomic E-state index is 0.142. The van der Waals surface area contributed by atoms with Gasteiger partial charge in [-0.25, -0.2) is 0 Å². The molecule has 0 saturated carbocycles. The normalized spacial score (nSPS) is 19.2. The van der Waals surface area contributed by atoms with Gasteiger partial charge in [0, 0.05) is 24.9 Å².